The van der Waals surface area contributed by atoms with Crippen LogP contribution in [0.3, 0.4) is 0 Å². The second-order valence-corrected chi connectivity index (χ2v) is 4.10. The van der Waals surface area contributed by atoms with Crippen LogP contribution in [-0.2, 0) is 0 Å². The molecule has 84 valence electrons. The van der Waals surface area contributed by atoms with E-state index in [-0.39, 0.29) is 17.3 Å². The molecule has 0 radical (unpaired) electrons. The zero-order valence-electron chi connectivity index (χ0n) is 9.00. The molecule has 0 saturated heterocycles. The van der Waals surface area contributed by atoms with Crippen LogP contribution in [-0.4, -0.2) is 13.1 Å². The van der Waals surface area contributed by atoms with Crippen molar-refractivity contribution in [1.82, 2.24) is 0 Å². The Morgan fingerprint density at radius 2 is 1.88 bits per heavy atom. The van der Waals surface area contributed by atoms with Gasteiger partial charge in [-0.3, -0.25) is 0 Å². The van der Waals surface area contributed by atoms with Gasteiger partial charge in [-0.2, -0.15) is 5.26 Å². The summed E-state index contributed by atoms with van der Waals surface area (Å²) in [6, 6.07) is 4.11. The van der Waals surface area contributed by atoms with Crippen LogP contribution >= 0.6 is 0 Å². The van der Waals surface area contributed by atoms with Gasteiger partial charge in [0, 0.05) is 13.1 Å². The van der Waals surface area contributed by atoms with Gasteiger partial charge in [0.15, 0.2) is 11.6 Å². The molecule has 0 aliphatic heterocycles. The van der Waals surface area contributed by atoms with E-state index in [4.69, 9.17) is 5.26 Å². The summed E-state index contributed by atoms with van der Waals surface area (Å²) in [7, 11) is 1.69. The molecule has 0 aromatic heterocycles. The quantitative estimate of drug-likeness (QED) is 0.769. The van der Waals surface area contributed by atoms with E-state index in [0.29, 0.717) is 0 Å². The van der Waals surface area contributed by atoms with Gasteiger partial charge in [-0.15, -0.1) is 0 Å². The summed E-state index contributed by atoms with van der Waals surface area (Å²) in [4.78, 5) is 1.63. The predicted octanol–water partition coefficient (Wildman–Crippen LogP) is 2.83. The summed E-state index contributed by atoms with van der Waals surface area (Å²) in [5.74, 6) is -1.32. The van der Waals surface area contributed by atoms with E-state index < -0.39 is 11.6 Å². The second kappa shape index (κ2) is 4.09. The van der Waals surface area contributed by atoms with Crippen molar-refractivity contribution in [3.05, 3.63) is 29.3 Å². The SMILES string of the molecule is CN(c1c(F)cc(C#N)cc1F)C1CCC1. The van der Waals surface area contributed by atoms with E-state index in [1.807, 2.05) is 0 Å². The highest BCUT2D eigenvalue weighted by Crippen LogP contribution is 2.32. The summed E-state index contributed by atoms with van der Waals surface area (Å²) in [6.45, 7) is 0. The van der Waals surface area contributed by atoms with Crippen LogP contribution in [0.5, 0.6) is 0 Å². The van der Waals surface area contributed by atoms with Crippen molar-refractivity contribution in [2.75, 3.05) is 11.9 Å². The molecule has 4 heteroatoms. The third-order valence-electron chi connectivity index (χ3n) is 3.12. The first-order chi connectivity index (χ1) is 7.63. The Labute approximate surface area is 93.1 Å². The summed E-state index contributed by atoms with van der Waals surface area (Å²) in [6.07, 6.45) is 3.04. The van der Waals surface area contributed by atoms with Gasteiger partial charge in [-0.1, -0.05) is 0 Å². The number of nitrogens with zero attached hydrogens (tertiary/aromatic N) is 2. The third kappa shape index (κ3) is 1.73. The number of rotatable bonds is 2. The van der Waals surface area contributed by atoms with Crippen molar-refractivity contribution in [3.63, 3.8) is 0 Å². The minimum absolute atomic E-state index is 0.0146. The summed E-state index contributed by atoms with van der Waals surface area (Å²) in [5, 5.41) is 8.59. The monoisotopic (exact) mass is 222 g/mol. The molecular formula is C12H12F2N2. The smallest absolute Gasteiger partial charge is 0.150 e. The first kappa shape index (κ1) is 10.9. The Hall–Kier alpha value is -1.63. The fraction of sp³-hybridized carbons (Fsp3) is 0.417. The molecule has 2 rings (SSSR count). The molecule has 2 nitrogen and oxygen atoms in total. The fourth-order valence-corrected chi connectivity index (χ4v) is 1.92. The highest BCUT2D eigenvalue weighted by atomic mass is 19.1. The molecule has 0 bridgehead atoms. The topological polar surface area (TPSA) is 27.0 Å². The summed E-state index contributed by atoms with van der Waals surface area (Å²) in [5.41, 5.74) is -0.00976. The molecule has 0 N–H and O–H groups in total. The van der Waals surface area contributed by atoms with Crippen LogP contribution in [0.1, 0.15) is 24.8 Å². The Bertz CT molecular complexity index is 424. The normalized spacial score (nSPS) is 15.4. The molecule has 1 aromatic rings. The number of hydrogen-bond donors (Lipinski definition) is 0. The van der Waals surface area contributed by atoms with Gasteiger partial charge in [0.2, 0.25) is 0 Å². The maximum Gasteiger partial charge on any atom is 0.150 e. The third-order valence-corrected chi connectivity index (χ3v) is 3.12. The minimum atomic E-state index is -0.661. The zero-order valence-corrected chi connectivity index (χ0v) is 9.00. The molecule has 0 amide bonds. The lowest BCUT2D eigenvalue weighted by molar-refractivity contribution is 0.393. The molecule has 0 atom stereocenters. The predicted molar refractivity (Wildman–Crippen MR) is 57.1 cm³/mol. The highest BCUT2D eigenvalue weighted by molar-refractivity contribution is 5.53. The average Bonchev–Trinajstić information content (AvgIpc) is 2.13. The van der Waals surface area contributed by atoms with Gasteiger partial charge in [0.1, 0.15) is 5.69 Å². The van der Waals surface area contributed by atoms with E-state index in [9.17, 15) is 8.78 Å². The lowest BCUT2D eigenvalue weighted by Crippen LogP contribution is -2.38. The molecule has 16 heavy (non-hydrogen) atoms. The Morgan fingerprint density at radius 3 is 2.25 bits per heavy atom. The molecule has 0 heterocycles. The zero-order chi connectivity index (χ0) is 11.7. The van der Waals surface area contributed by atoms with Crippen LogP contribution in [0.4, 0.5) is 14.5 Å². The number of benzene rings is 1. The molecule has 1 aliphatic carbocycles. The number of nitriles is 1. The van der Waals surface area contributed by atoms with Crippen LogP contribution in [0.15, 0.2) is 12.1 Å². The molecule has 1 aromatic carbocycles. The Balaban J connectivity index is 2.36. The van der Waals surface area contributed by atoms with Gasteiger partial charge < -0.3 is 4.90 Å². The van der Waals surface area contributed by atoms with Crippen LogP contribution < -0.4 is 4.90 Å². The van der Waals surface area contributed by atoms with Crippen molar-refractivity contribution >= 4 is 5.69 Å². The standard InChI is InChI=1S/C12H12F2N2/c1-16(9-3-2-4-9)12-10(13)5-8(7-15)6-11(12)14/h5-6,9H,2-4H2,1H3. The summed E-state index contributed by atoms with van der Waals surface area (Å²) < 4.78 is 27.3. The Kier molecular flexibility index (Phi) is 2.78. The van der Waals surface area contributed by atoms with Crippen LogP contribution in [0, 0.1) is 23.0 Å². The van der Waals surface area contributed by atoms with Crippen LogP contribution in [0.2, 0.25) is 0 Å². The van der Waals surface area contributed by atoms with Crippen molar-refractivity contribution in [3.8, 4) is 6.07 Å². The molecular weight excluding hydrogens is 210 g/mol. The first-order valence-corrected chi connectivity index (χ1v) is 5.25. The van der Waals surface area contributed by atoms with E-state index in [1.165, 1.54) is 0 Å². The van der Waals surface area contributed by atoms with Gasteiger partial charge in [0.25, 0.3) is 0 Å². The fourth-order valence-electron chi connectivity index (χ4n) is 1.92. The van der Waals surface area contributed by atoms with Gasteiger partial charge in [-0.25, -0.2) is 8.78 Å². The number of hydrogen-bond acceptors (Lipinski definition) is 2. The Morgan fingerprint density at radius 1 is 1.31 bits per heavy atom. The molecule has 0 spiro atoms. The lowest BCUT2D eigenvalue weighted by atomic mass is 9.91. The maximum absolute atomic E-state index is 13.6. The molecule has 1 fully saturated rings. The second-order valence-electron chi connectivity index (χ2n) is 4.10. The van der Waals surface area contributed by atoms with Gasteiger partial charge in [0.05, 0.1) is 11.6 Å². The van der Waals surface area contributed by atoms with Gasteiger partial charge in [-0.05, 0) is 31.4 Å². The van der Waals surface area contributed by atoms with Crippen molar-refractivity contribution in [1.29, 1.82) is 5.26 Å². The van der Waals surface area contributed by atoms with Crippen molar-refractivity contribution in [2.24, 2.45) is 0 Å². The molecule has 0 unspecified atom stereocenters. The van der Waals surface area contributed by atoms with E-state index >= 15 is 0 Å². The molecule has 1 saturated carbocycles. The van der Waals surface area contributed by atoms with E-state index in [2.05, 4.69) is 0 Å². The highest BCUT2D eigenvalue weighted by Gasteiger charge is 2.26. The molecule has 1 aliphatic rings. The first-order valence-electron chi connectivity index (χ1n) is 5.25. The minimum Gasteiger partial charge on any atom is -0.367 e. The lowest BCUT2D eigenvalue weighted by Gasteiger charge is -2.36. The van der Waals surface area contributed by atoms with Crippen molar-refractivity contribution in [2.45, 2.75) is 25.3 Å². The van der Waals surface area contributed by atoms with Crippen LogP contribution in [0.25, 0.3) is 0 Å². The van der Waals surface area contributed by atoms with Gasteiger partial charge >= 0.3 is 0 Å². The summed E-state index contributed by atoms with van der Waals surface area (Å²) >= 11 is 0. The van der Waals surface area contributed by atoms with E-state index in [1.54, 1.807) is 18.0 Å². The average molecular weight is 222 g/mol. The largest absolute Gasteiger partial charge is 0.367 e. The number of halogens is 2. The number of anilines is 1. The van der Waals surface area contributed by atoms with E-state index in [0.717, 1.165) is 31.4 Å². The van der Waals surface area contributed by atoms with Crippen molar-refractivity contribution < 1.29 is 8.78 Å². The maximum atomic E-state index is 13.6.